The molecule has 5 heteroatoms. The van der Waals surface area contributed by atoms with Crippen LogP contribution < -0.4 is 0 Å². The molecule has 238 valence electrons. The van der Waals surface area contributed by atoms with Crippen LogP contribution in [0.4, 0.5) is 0 Å². The molecule has 0 saturated heterocycles. The van der Waals surface area contributed by atoms with E-state index in [1.165, 1.54) is 122 Å². The van der Waals surface area contributed by atoms with Gasteiger partial charge in [-0.15, -0.1) is 0 Å². The maximum Gasteiger partial charge on any atom is 0.305 e. The van der Waals surface area contributed by atoms with E-state index in [9.17, 15) is 14.7 Å². The van der Waals surface area contributed by atoms with Crippen LogP contribution in [0, 0.1) is 5.92 Å². The molecule has 0 amide bonds. The first-order valence-corrected chi connectivity index (χ1v) is 17.4. The average Bonchev–Trinajstić information content (AvgIpc) is 2.93. The van der Waals surface area contributed by atoms with Crippen LogP contribution in [0.3, 0.4) is 0 Å². The summed E-state index contributed by atoms with van der Waals surface area (Å²) in [7, 11) is 0. The smallest absolute Gasteiger partial charge is 0.305 e. The van der Waals surface area contributed by atoms with Gasteiger partial charge in [0.25, 0.3) is 0 Å². The lowest BCUT2D eigenvalue weighted by molar-refractivity contribution is -0.152. The lowest BCUT2D eigenvalue weighted by Crippen LogP contribution is -2.25. The summed E-state index contributed by atoms with van der Waals surface area (Å²) in [5.41, 5.74) is 0. The molecule has 0 spiro atoms. The summed E-state index contributed by atoms with van der Waals surface area (Å²) in [5.74, 6) is 0.237. The predicted octanol–water partition coefficient (Wildman–Crippen LogP) is 10.3. The summed E-state index contributed by atoms with van der Waals surface area (Å²) in [6.45, 7) is 6.60. The van der Waals surface area contributed by atoms with E-state index >= 15 is 0 Å². The van der Waals surface area contributed by atoms with Gasteiger partial charge in [0.05, 0.1) is 0 Å². The van der Waals surface area contributed by atoms with Crippen molar-refractivity contribution in [3.05, 3.63) is 0 Å². The third-order valence-corrected chi connectivity index (χ3v) is 7.77. The number of ether oxygens (including phenoxy) is 2. The van der Waals surface area contributed by atoms with Gasteiger partial charge in [0.15, 0.2) is 0 Å². The third-order valence-electron chi connectivity index (χ3n) is 7.77. The van der Waals surface area contributed by atoms with E-state index in [0.717, 1.165) is 38.0 Å². The standard InChI is InChI=1S/C35H68O5/c1-4-5-6-7-8-9-10-11-12-13-14-15-16-19-22-25-28-34(37)39-30-33(36)31-40-35(38)29-26-23-20-17-18-21-24-27-32(2)3/h32-33,36H,4-31H2,1-3H3/t33-/m1/s1. The molecule has 0 aliphatic rings. The molecule has 0 aliphatic heterocycles. The van der Waals surface area contributed by atoms with E-state index in [0.29, 0.717) is 12.8 Å². The molecule has 0 heterocycles. The maximum atomic E-state index is 11.9. The SMILES string of the molecule is CCCCCCCCCCCCCCCCCCC(=O)OC[C@@H](O)COC(=O)CCCCCCCCCC(C)C. The van der Waals surface area contributed by atoms with Gasteiger partial charge in [-0.2, -0.15) is 0 Å². The van der Waals surface area contributed by atoms with Gasteiger partial charge >= 0.3 is 11.9 Å². The van der Waals surface area contributed by atoms with E-state index in [1.807, 2.05) is 0 Å². The largest absolute Gasteiger partial charge is 0.463 e. The minimum Gasteiger partial charge on any atom is -0.463 e. The van der Waals surface area contributed by atoms with Gasteiger partial charge in [-0.3, -0.25) is 9.59 Å². The van der Waals surface area contributed by atoms with Crippen molar-refractivity contribution in [2.75, 3.05) is 13.2 Å². The van der Waals surface area contributed by atoms with Crippen molar-refractivity contribution in [1.29, 1.82) is 0 Å². The number of aliphatic hydroxyl groups is 1. The quantitative estimate of drug-likeness (QED) is 0.0665. The second kappa shape index (κ2) is 30.8. The molecule has 1 N–H and O–H groups in total. The number of hydrogen-bond acceptors (Lipinski definition) is 5. The zero-order chi connectivity index (χ0) is 29.5. The van der Waals surface area contributed by atoms with E-state index in [4.69, 9.17) is 9.47 Å². The Hall–Kier alpha value is -1.10. The van der Waals surface area contributed by atoms with Crippen molar-refractivity contribution < 1.29 is 24.2 Å². The minimum absolute atomic E-state index is 0.109. The Morgan fingerprint density at radius 1 is 0.500 bits per heavy atom. The van der Waals surface area contributed by atoms with Crippen molar-refractivity contribution in [3.63, 3.8) is 0 Å². The normalized spacial score (nSPS) is 12.1. The van der Waals surface area contributed by atoms with Crippen LogP contribution in [-0.4, -0.2) is 36.4 Å². The zero-order valence-electron chi connectivity index (χ0n) is 27.0. The number of unbranched alkanes of at least 4 members (excludes halogenated alkanes) is 21. The molecule has 0 aromatic carbocycles. The fourth-order valence-electron chi connectivity index (χ4n) is 5.09. The molecular weight excluding hydrogens is 500 g/mol. The molecule has 0 unspecified atom stereocenters. The van der Waals surface area contributed by atoms with E-state index in [2.05, 4.69) is 20.8 Å². The maximum absolute atomic E-state index is 11.9. The molecule has 0 fully saturated rings. The van der Waals surface area contributed by atoms with Crippen molar-refractivity contribution >= 4 is 11.9 Å². The first-order valence-electron chi connectivity index (χ1n) is 17.4. The zero-order valence-corrected chi connectivity index (χ0v) is 27.0. The molecule has 0 radical (unpaired) electrons. The van der Waals surface area contributed by atoms with Crippen LogP contribution in [0.25, 0.3) is 0 Å². The van der Waals surface area contributed by atoms with Crippen molar-refractivity contribution in [1.82, 2.24) is 0 Å². The summed E-state index contributed by atoms with van der Waals surface area (Å²) < 4.78 is 10.3. The Kier molecular flexibility index (Phi) is 30.0. The molecule has 0 saturated carbocycles. The topological polar surface area (TPSA) is 72.8 Å². The van der Waals surface area contributed by atoms with Crippen molar-refractivity contribution in [2.45, 2.75) is 194 Å². The monoisotopic (exact) mass is 569 g/mol. The predicted molar refractivity (Wildman–Crippen MR) is 168 cm³/mol. The highest BCUT2D eigenvalue weighted by Gasteiger charge is 2.12. The van der Waals surface area contributed by atoms with Gasteiger partial charge in [0, 0.05) is 12.8 Å². The van der Waals surface area contributed by atoms with Crippen LogP contribution in [0.2, 0.25) is 0 Å². The molecule has 0 bridgehead atoms. The highest BCUT2D eigenvalue weighted by Crippen LogP contribution is 2.15. The van der Waals surface area contributed by atoms with Crippen molar-refractivity contribution in [3.8, 4) is 0 Å². The van der Waals surface area contributed by atoms with E-state index in [1.54, 1.807) is 0 Å². The molecular formula is C35H68O5. The second-order valence-electron chi connectivity index (χ2n) is 12.5. The fourth-order valence-corrected chi connectivity index (χ4v) is 5.09. The van der Waals surface area contributed by atoms with Gasteiger partial charge in [-0.05, 0) is 18.8 Å². The van der Waals surface area contributed by atoms with Gasteiger partial charge in [0.2, 0.25) is 0 Å². The summed E-state index contributed by atoms with van der Waals surface area (Å²) in [6, 6.07) is 0. The van der Waals surface area contributed by atoms with Crippen LogP contribution in [-0.2, 0) is 19.1 Å². The van der Waals surface area contributed by atoms with Crippen molar-refractivity contribution in [2.24, 2.45) is 5.92 Å². The Labute approximate surface area is 248 Å². The first-order chi connectivity index (χ1) is 19.5. The molecule has 1 atom stereocenters. The van der Waals surface area contributed by atoms with Gasteiger partial charge in [-0.25, -0.2) is 0 Å². The molecule has 0 aromatic heterocycles. The summed E-state index contributed by atoms with van der Waals surface area (Å²) in [4.78, 5) is 23.8. The van der Waals surface area contributed by atoms with Crippen LogP contribution in [0.1, 0.15) is 188 Å². The number of carbonyl (C=O) groups is 2. The molecule has 0 rings (SSSR count). The van der Waals surface area contributed by atoms with E-state index < -0.39 is 6.10 Å². The highest BCUT2D eigenvalue weighted by atomic mass is 16.6. The fraction of sp³-hybridized carbons (Fsp3) is 0.943. The number of hydrogen-bond donors (Lipinski definition) is 1. The molecule has 0 aliphatic carbocycles. The summed E-state index contributed by atoms with van der Waals surface area (Å²) in [5, 5.41) is 9.95. The Morgan fingerprint density at radius 2 is 0.800 bits per heavy atom. The summed E-state index contributed by atoms with van der Waals surface area (Å²) in [6.07, 6.45) is 30.2. The third kappa shape index (κ3) is 31.4. The number of carbonyl (C=O) groups excluding carboxylic acids is 2. The Bertz CT molecular complexity index is 548. The lowest BCUT2D eigenvalue weighted by atomic mass is 10.0. The van der Waals surface area contributed by atoms with Crippen LogP contribution in [0.5, 0.6) is 0 Å². The van der Waals surface area contributed by atoms with Gasteiger partial charge in [0.1, 0.15) is 19.3 Å². The first kappa shape index (κ1) is 38.9. The molecule has 0 aromatic rings. The Balaban J connectivity index is 3.39. The van der Waals surface area contributed by atoms with Gasteiger partial charge < -0.3 is 14.6 Å². The number of rotatable bonds is 31. The molecule has 40 heavy (non-hydrogen) atoms. The second-order valence-corrected chi connectivity index (χ2v) is 12.5. The lowest BCUT2D eigenvalue weighted by Gasteiger charge is -2.12. The minimum atomic E-state index is -0.954. The van der Waals surface area contributed by atoms with Gasteiger partial charge in [-0.1, -0.05) is 162 Å². The van der Waals surface area contributed by atoms with Crippen LogP contribution in [0.15, 0.2) is 0 Å². The number of esters is 2. The summed E-state index contributed by atoms with van der Waals surface area (Å²) >= 11 is 0. The number of aliphatic hydroxyl groups excluding tert-OH is 1. The Morgan fingerprint density at radius 3 is 1.12 bits per heavy atom. The average molecular weight is 569 g/mol. The molecule has 5 nitrogen and oxygen atoms in total. The van der Waals surface area contributed by atoms with Crippen LogP contribution >= 0.6 is 0 Å². The van der Waals surface area contributed by atoms with E-state index in [-0.39, 0.29) is 25.2 Å². The highest BCUT2D eigenvalue weighted by molar-refractivity contribution is 5.69.